The van der Waals surface area contributed by atoms with Gasteiger partial charge < -0.3 is 0 Å². The molecule has 32 heavy (non-hydrogen) atoms. The van der Waals surface area contributed by atoms with Crippen molar-refractivity contribution < 1.29 is 0 Å². The molecule has 3 heterocycles. The van der Waals surface area contributed by atoms with E-state index in [-0.39, 0.29) is 5.56 Å². The molecule has 0 amide bonds. The molecule has 8 heteroatoms. The summed E-state index contributed by atoms with van der Waals surface area (Å²) in [5, 5.41) is 11.7. The Kier molecular flexibility index (Phi) is 5.40. The predicted octanol–water partition coefficient (Wildman–Crippen LogP) is 5.22. The molecule has 0 saturated heterocycles. The Hall–Kier alpha value is -3.23. The average molecular weight is 460 g/mol. The van der Waals surface area contributed by atoms with Crippen LogP contribution < -0.4 is 5.56 Å². The minimum absolute atomic E-state index is 0.0510. The maximum atomic E-state index is 12.5. The van der Waals surface area contributed by atoms with Crippen molar-refractivity contribution in [2.24, 2.45) is 0 Å². The third-order valence-electron chi connectivity index (χ3n) is 5.39. The summed E-state index contributed by atoms with van der Waals surface area (Å²) in [7, 11) is 0. The van der Waals surface area contributed by atoms with Gasteiger partial charge in [-0.3, -0.25) is 13.8 Å². The van der Waals surface area contributed by atoms with Gasteiger partial charge in [0.05, 0.1) is 11.4 Å². The fourth-order valence-electron chi connectivity index (χ4n) is 3.55. The number of fused-ring (bicyclic) bond motifs is 1. The summed E-state index contributed by atoms with van der Waals surface area (Å²) in [6.45, 7) is 6.12. The Morgan fingerprint density at radius 1 is 0.969 bits per heavy atom. The molecule has 0 aliphatic rings. The summed E-state index contributed by atoms with van der Waals surface area (Å²) < 4.78 is 3.72. The summed E-state index contributed by atoms with van der Waals surface area (Å²) in [4.78, 5) is 17.9. The van der Waals surface area contributed by atoms with Gasteiger partial charge in [0.15, 0.2) is 15.9 Å². The lowest BCUT2D eigenvalue weighted by Gasteiger charge is -2.12. The first kappa shape index (κ1) is 20.7. The standard InChI is InChI=1S/C24H21N5OS2/c1-15-9-10-20(11-16(15)2)29-22(18-7-5-4-6-8-18)26-27-24(29)32-14-19-12-21(30)28-17(3)13-31-23(28)25-19/h4-13H,14H2,1-3H3. The van der Waals surface area contributed by atoms with Crippen molar-refractivity contribution in [3.05, 3.63) is 92.8 Å². The highest BCUT2D eigenvalue weighted by Gasteiger charge is 2.17. The first-order valence-corrected chi connectivity index (χ1v) is 12.1. The lowest BCUT2D eigenvalue weighted by molar-refractivity contribution is 0.883. The van der Waals surface area contributed by atoms with Crippen molar-refractivity contribution >= 4 is 28.1 Å². The molecule has 0 spiro atoms. The van der Waals surface area contributed by atoms with E-state index in [0.717, 1.165) is 33.6 Å². The van der Waals surface area contributed by atoms with Crippen molar-refractivity contribution in [1.29, 1.82) is 0 Å². The number of nitrogens with zero attached hydrogens (tertiary/aromatic N) is 5. The number of hydrogen-bond acceptors (Lipinski definition) is 6. The van der Waals surface area contributed by atoms with E-state index >= 15 is 0 Å². The minimum Gasteiger partial charge on any atom is -0.270 e. The van der Waals surface area contributed by atoms with Crippen LogP contribution in [0.2, 0.25) is 0 Å². The molecule has 0 aliphatic carbocycles. The molecule has 160 valence electrons. The summed E-state index contributed by atoms with van der Waals surface area (Å²) in [6.07, 6.45) is 0. The van der Waals surface area contributed by atoms with Gasteiger partial charge in [-0.25, -0.2) is 4.98 Å². The van der Waals surface area contributed by atoms with Gasteiger partial charge in [0.1, 0.15) is 0 Å². The number of thiazole rings is 1. The predicted molar refractivity (Wildman–Crippen MR) is 130 cm³/mol. The summed E-state index contributed by atoms with van der Waals surface area (Å²) in [5.74, 6) is 1.31. The van der Waals surface area contributed by atoms with Gasteiger partial charge in [0, 0.05) is 28.5 Å². The van der Waals surface area contributed by atoms with Gasteiger partial charge in [0.25, 0.3) is 5.56 Å². The van der Waals surface area contributed by atoms with E-state index < -0.39 is 0 Å². The van der Waals surface area contributed by atoms with Crippen LogP contribution in [0, 0.1) is 20.8 Å². The third-order valence-corrected chi connectivity index (χ3v) is 7.30. The second-order valence-electron chi connectivity index (χ2n) is 7.65. The monoisotopic (exact) mass is 459 g/mol. The SMILES string of the molecule is Cc1ccc(-n2c(SCc3cc(=O)n4c(C)csc4n3)nnc2-c2ccccc2)cc1C. The third kappa shape index (κ3) is 3.76. The van der Waals surface area contributed by atoms with Gasteiger partial charge in [0.2, 0.25) is 0 Å². The number of aromatic nitrogens is 5. The number of thioether (sulfide) groups is 1. The van der Waals surface area contributed by atoms with Crippen LogP contribution in [0.25, 0.3) is 22.0 Å². The van der Waals surface area contributed by atoms with Crippen LogP contribution in [0.15, 0.2) is 69.9 Å². The Morgan fingerprint density at radius 3 is 2.56 bits per heavy atom. The van der Waals surface area contributed by atoms with Crippen LogP contribution in [-0.2, 0) is 5.75 Å². The van der Waals surface area contributed by atoms with E-state index in [4.69, 9.17) is 0 Å². The summed E-state index contributed by atoms with van der Waals surface area (Å²) in [6, 6.07) is 18.0. The van der Waals surface area contributed by atoms with Gasteiger partial charge >= 0.3 is 0 Å². The number of hydrogen-bond donors (Lipinski definition) is 0. The maximum Gasteiger partial charge on any atom is 0.258 e. The molecule has 0 unspecified atom stereocenters. The highest BCUT2D eigenvalue weighted by atomic mass is 32.2. The van der Waals surface area contributed by atoms with E-state index in [1.54, 1.807) is 10.5 Å². The summed E-state index contributed by atoms with van der Waals surface area (Å²) in [5.41, 5.74) is 6.04. The Balaban J connectivity index is 1.55. The largest absolute Gasteiger partial charge is 0.270 e. The molecule has 5 rings (SSSR count). The molecule has 0 bridgehead atoms. The van der Waals surface area contributed by atoms with Crippen molar-refractivity contribution in [3.63, 3.8) is 0 Å². The smallest absolute Gasteiger partial charge is 0.258 e. The fraction of sp³-hybridized carbons (Fsp3) is 0.167. The molecule has 0 fully saturated rings. The maximum absolute atomic E-state index is 12.5. The molecule has 3 aromatic heterocycles. The van der Waals surface area contributed by atoms with E-state index in [9.17, 15) is 4.79 Å². The van der Waals surface area contributed by atoms with Gasteiger partial charge in [-0.2, -0.15) is 0 Å². The molecule has 0 saturated carbocycles. The van der Waals surface area contributed by atoms with Crippen LogP contribution in [0.1, 0.15) is 22.5 Å². The zero-order chi connectivity index (χ0) is 22.2. The zero-order valence-electron chi connectivity index (χ0n) is 17.9. The van der Waals surface area contributed by atoms with Crippen LogP contribution in [-0.4, -0.2) is 24.1 Å². The second-order valence-corrected chi connectivity index (χ2v) is 9.42. The molecule has 0 atom stereocenters. The first-order chi connectivity index (χ1) is 15.5. The van der Waals surface area contributed by atoms with E-state index in [2.05, 4.69) is 51.8 Å². The molecule has 6 nitrogen and oxygen atoms in total. The minimum atomic E-state index is -0.0510. The number of rotatable bonds is 5. The van der Waals surface area contributed by atoms with Crippen molar-refractivity contribution in [2.45, 2.75) is 31.7 Å². The average Bonchev–Trinajstić information content (AvgIpc) is 3.39. The van der Waals surface area contributed by atoms with Gasteiger partial charge in [-0.15, -0.1) is 21.5 Å². The van der Waals surface area contributed by atoms with Gasteiger partial charge in [-0.1, -0.05) is 48.2 Å². The number of benzene rings is 2. The van der Waals surface area contributed by atoms with Crippen LogP contribution >= 0.6 is 23.1 Å². The Labute approximate surface area is 193 Å². The second kappa shape index (κ2) is 8.37. The Morgan fingerprint density at radius 2 is 1.78 bits per heavy atom. The summed E-state index contributed by atoms with van der Waals surface area (Å²) >= 11 is 3.01. The fourth-order valence-corrected chi connectivity index (χ4v) is 5.28. The molecular formula is C24H21N5OS2. The van der Waals surface area contributed by atoms with E-state index in [1.807, 2.05) is 42.6 Å². The van der Waals surface area contributed by atoms with Crippen LogP contribution in [0.3, 0.4) is 0 Å². The van der Waals surface area contributed by atoms with Crippen molar-refractivity contribution in [3.8, 4) is 17.1 Å². The molecule has 2 aromatic carbocycles. The van der Waals surface area contributed by atoms with Crippen LogP contribution in [0.5, 0.6) is 0 Å². The number of aryl methyl sites for hydroxylation is 3. The van der Waals surface area contributed by atoms with Gasteiger partial charge in [-0.05, 0) is 44.0 Å². The molecule has 5 aromatic rings. The quantitative estimate of drug-likeness (QED) is 0.337. The van der Waals surface area contributed by atoms with E-state index in [0.29, 0.717) is 10.7 Å². The molecule has 0 N–H and O–H groups in total. The first-order valence-electron chi connectivity index (χ1n) is 10.2. The van der Waals surface area contributed by atoms with Crippen molar-refractivity contribution in [2.75, 3.05) is 0 Å². The Bertz CT molecular complexity index is 1480. The normalized spacial score (nSPS) is 11.3. The molecule has 0 aliphatic heterocycles. The lowest BCUT2D eigenvalue weighted by atomic mass is 10.1. The molecular weight excluding hydrogens is 438 g/mol. The topological polar surface area (TPSA) is 65.1 Å². The molecule has 0 radical (unpaired) electrons. The van der Waals surface area contributed by atoms with Crippen LogP contribution in [0.4, 0.5) is 0 Å². The lowest BCUT2D eigenvalue weighted by Crippen LogP contribution is -2.14. The highest BCUT2D eigenvalue weighted by molar-refractivity contribution is 7.98. The van der Waals surface area contributed by atoms with E-state index in [1.165, 1.54) is 34.2 Å². The highest BCUT2D eigenvalue weighted by Crippen LogP contribution is 2.30. The van der Waals surface area contributed by atoms with Crippen molar-refractivity contribution in [1.82, 2.24) is 24.1 Å². The zero-order valence-corrected chi connectivity index (χ0v) is 19.6.